The zero-order valence-corrected chi connectivity index (χ0v) is 17.3. The van der Waals surface area contributed by atoms with Crippen molar-refractivity contribution < 1.29 is 9.53 Å². The van der Waals surface area contributed by atoms with E-state index in [1.807, 2.05) is 32.5 Å². The molecule has 4 nitrogen and oxygen atoms in total. The summed E-state index contributed by atoms with van der Waals surface area (Å²) >= 11 is 1.83. The maximum Gasteiger partial charge on any atom is 0.240 e. The van der Waals surface area contributed by atoms with Crippen LogP contribution in [-0.4, -0.2) is 36.5 Å². The molecule has 3 rings (SSSR count). The maximum absolute atomic E-state index is 12.6. The molecule has 0 spiro atoms. The first kappa shape index (κ1) is 20.2. The normalized spacial score (nSPS) is 23.8. The Bertz CT molecular complexity index is 803. The van der Waals surface area contributed by atoms with E-state index in [4.69, 9.17) is 10.5 Å². The molecule has 2 aromatic carbocycles. The fraction of sp³-hybridized carbons (Fsp3) is 0.500. The van der Waals surface area contributed by atoms with Gasteiger partial charge >= 0.3 is 0 Å². The maximum atomic E-state index is 12.6. The average molecular weight is 387 g/mol. The fourth-order valence-electron chi connectivity index (χ4n) is 3.82. The van der Waals surface area contributed by atoms with E-state index in [0.29, 0.717) is 19.6 Å². The average Bonchev–Trinajstić information content (AvgIpc) is 2.67. The molecule has 1 aliphatic carbocycles. The van der Waals surface area contributed by atoms with Crippen molar-refractivity contribution in [2.75, 3.05) is 18.9 Å². The zero-order valence-electron chi connectivity index (χ0n) is 16.5. The fourth-order valence-corrected chi connectivity index (χ4v) is 4.68. The predicted molar refractivity (Wildman–Crippen MR) is 114 cm³/mol. The van der Waals surface area contributed by atoms with Gasteiger partial charge in [0.2, 0.25) is 5.91 Å². The monoisotopic (exact) mass is 386 g/mol. The topological polar surface area (TPSA) is 64.3 Å². The van der Waals surface area contributed by atoms with Gasteiger partial charge in [-0.2, -0.15) is 11.8 Å². The molecule has 5 heteroatoms. The second-order valence-corrected chi connectivity index (χ2v) is 8.89. The highest BCUT2D eigenvalue weighted by Crippen LogP contribution is 2.49. The van der Waals surface area contributed by atoms with Crippen LogP contribution in [0.4, 0.5) is 0 Å². The van der Waals surface area contributed by atoms with Crippen LogP contribution in [0, 0.1) is 5.41 Å². The molecule has 2 aromatic rings. The largest absolute Gasteiger partial charge is 0.378 e. The molecule has 1 aliphatic rings. The molecule has 0 saturated heterocycles. The minimum atomic E-state index is -0.840. The molecule has 27 heavy (non-hydrogen) atoms. The second-order valence-electron chi connectivity index (χ2n) is 7.79. The second kappa shape index (κ2) is 8.21. The molecule has 0 aliphatic heterocycles. The molecular weight excluding hydrogens is 356 g/mol. The highest BCUT2D eigenvalue weighted by molar-refractivity contribution is 7.98. The zero-order chi connectivity index (χ0) is 19.5. The lowest BCUT2D eigenvalue weighted by molar-refractivity contribution is -0.170. The number of carbonyl (C=O) groups is 1. The van der Waals surface area contributed by atoms with Gasteiger partial charge in [0.25, 0.3) is 0 Å². The van der Waals surface area contributed by atoms with Crippen LogP contribution in [0.25, 0.3) is 10.8 Å². The summed E-state index contributed by atoms with van der Waals surface area (Å²) in [5.41, 5.74) is 6.56. The van der Waals surface area contributed by atoms with E-state index in [0.717, 1.165) is 11.5 Å². The summed E-state index contributed by atoms with van der Waals surface area (Å²) in [7, 11) is 0. The number of rotatable bonds is 8. The number of hydrogen-bond donors (Lipinski definition) is 2. The Morgan fingerprint density at radius 2 is 2.00 bits per heavy atom. The van der Waals surface area contributed by atoms with Crippen molar-refractivity contribution in [3.05, 3.63) is 48.0 Å². The van der Waals surface area contributed by atoms with E-state index < -0.39 is 5.54 Å². The third-order valence-corrected chi connectivity index (χ3v) is 6.91. The number of hydrogen-bond acceptors (Lipinski definition) is 4. The smallest absolute Gasteiger partial charge is 0.240 e. The van der Waals surface area contributed by atoms with Gasteiger partial charge in [0.1, 0.15) is 5.54 Å². The van der Waals surface area contributed by atoms with Gasteiger partial charge in [0, 0.05) is 36.5 Å². The van der Waals surface area contributed by atoms with Crippen LogP contribution in [-0.2, 0) is 15.3 Å². The molecule has 2 atom stereocenters. The molecule has 146 valence electrons. The van der Waals surface area contributed by atoms with E-state index in [1.165, 1.54) is 16.3 Å². The van der Waals surface area contributed by atoms with E-state index >= 15 is 0 Å². The van der Waals surface area contributed by atoms with Crippen LogP contribution < -0.4 is 11.1 Å². The van der Waals surface area contributed by atoms with Gasteiger partial charge in [-0.25, -0.2) is 0 Å². The van der Waals surface area contributed by atoms with Gasteiger partial charge < -0.3 is 15.8 Å². The summed E-state index contributed by atoms with van der Waals surface area (Å²) in [6.45, 7) is 7.29. The summed E-state index contributed by atoms with van der Waals surface area (Å²) in [5, 5.41) is 5.60. The van der Waals surface area contributed by atoms with Gasteiger partial charge in [-0.3, -0.25) is 4.79 Å². The first-order valence-electron chi connectivity index (χ1n) is 9.63. The van der Waals surface area contributed by atoms with E-state index in [9.17, 15) is 4.79 Å². The number of carbonyl (C=O) groups excluding carboxylic acids is 1. The summed E-state index contributed by atoms with van der Waals surface area (Å²) < 4.78 is 5.70. The molecule has 3 N–H and O–H groups in total. The van der Waals surface area contributed by atoms with Crippen molar-refractivity contribution in [3.8, 4) is 0 Å². The van der Waals surface area contributed by atoms with Crippen LogP contribution in [0.2, 0.25) is 0 Å². The number of benzene rings is 2. The SMILES string of the molecule is CCOC1CC(N)(C(=O)NCCSCc2cccc3ccccc23)C1(C)C. The number of ether oxygens (including phenoxy) is 1. The minimum absolute atomic E-state index is 0.0546. The minimum Gasteiger partial charge on any atom is -0.378 e. The van der Waals surface area contributed by atoms with Gasteiger partial charge in [-0.1, -0.05) is 56.3 Å². The van der Waals surface area contributed by atoms with Crippen LogP contribution in [0.15, 0.2) is 42.5 Å². The molecule has 1 saturated carbocycles. The van der Waals surface area contributed by atoms with Crippen molar-refractivity contribution in [1.82, 2.24) is 5.32 Å². The summed E-state index contributed by atoms with van der Waals surface area (Å²) in [6.07, 6.45) is 0.641. The standard InChI is InChI=1S/C22H30N2O2S/c1-4-26-19-14-22(23,21(19,2)3)20(25)24-12-13-27-15-17-10-7-9-16-8-5-6-11-18(16)17/h5-11,19H,4,12-15,23H2,1-3H3,(H,24,25). The number of amides is 1. The molecule has 0 radical (unpaired) electrons. The van der Waals surface area contributed by atoms with Crippen LogP contribution in [0.5, 0.6) is 0 Å². The van der Waals surface area contributed by atoms with Gasteiger partial charge in [-0.15, -0.1) is 0 Å². The van der Waals surface area contributed by atoms with E-state index in [1.54, 1.807) is 0 Å². The summed E-state index contributed by atoms with van der Waals surface area (Å²) in [5.74, 6) is 1.73. The van der Waals surface area contributed by atoms with Crippen molar-refractivity contribution in [1.29, 1.82) is 0 Å². The lowest BCUT2D eigenvalue weighted by Gasteiger charge is -2.57. The third kappa shape index (κ3) is 3.86. The third-order valence-electron chi connectivity index (χ3n) is 5.90. The number of nitrogens with one attached hydrogen (secondary N) is 1. The predicted octanol–water partition coefficient (Wildman–Crippen LogP) is 3.72. The van der Waals surface area contributed by atoms with Crippen LogP contribution in [0.1, 0.15) is 32.8 Å². The van der Waals surface area contributed by atoms with Crippen molar-refractivity contribution in [3.63, 3.8) is 0 Å². The Kier molecular flexibility index (Phi) is 6.14. The molecule has 0 bridgehead atoms. The first-order chi connectivity index (χ1) is 12.9. The Morgan fingerprint density at radius 1 is 1.26 bits per heavy atom. The van der Waals surface area contributed by atoms with E-state index in [-0.39, 0.29) is 17.4 Å². The number of fused-ring (bicyclic) bond motifs is 1. The Labute approximate surface area is 166 Å². The van der Waals surface area contributed by atoms with Crippen molar-refractivity contribution in [2.45, 2.75) is 44.6 Å². The van der Waals surface area contributed by atoms with Gasteiger partial charge in [-0.05, 0) is 23.3 Å². The lowest BCUT2D eigenvalue weighted by Crippen LogP contribution is -2.75. The molecule has 2 unspecified atom stereocenters. The first-order valence-corrected chi connectivity index (χ1v) is 10.8. The Balaban J connectivity index is 1.46. The number of thioether (sulfide) groups is 1. The van der Waals surface area contributed by atoms with Crippen molar-refractivity contribution in [2.24, 2.45) is 11.1 Å². The highest BCUT2D eigenvalue weighted by atomic mass is 32.2. The molecule has 0 aromatic heterocycles. The Hall–Kier alpha value is -1.56. The lowest BCUT2D eigenvalue weighted by atomic mass is 9.54. The quantitative estimate of drug-likeness (QED) is 0.679. The molecule has 1 fully saturated rings. The molecule has 1 amide bonds. The molecular formula is C22H30N2O2S. The number of nitrogens with two attached hydrogens (primary N) is 1. The summed E-state index contributed by atoms with van der Waals surface area (Å²) in [6, 6.07) is 14.9. The molecule has 0 heterocycles. The van der Waals surface area contributed by atoms with Gasteiger partial charge in [0.15, 0.2) is 0 Å². The van der Waals surface area contributed by atoms with Crippen LogP contribution >= 0.6 is 11.8 Å². The van der Waals surface area contributed by atoms with Crippen LogP contribution in [0.3, 0.4) is 0 Å². The highest BCUT2D eigenvalue weighted by Gasteiger charge is 2.62. The summed E-state index contributed by atoms with van der Waals surface area (Å²) in [4.78, 5) is 12.6. The Morgan fingerprint density at radius 3 is 2.74 bits per heavy atom. The van der Waals surface area contributed by atoms with E-state index in [2.05, 4.69) is 47.8 Å². The van der Waals surface area contributed by atoms with Crippen molar-refractivity contribution >= 4 is 28.4 Å². The van der Waals surface area contributed by atoms with Gasteiger partial charge in [0.05, 0.1) is 6.10 Å².